The molecule has 94 valence electrons. The third-order valence-electron chi connectivity index (χ3n) is 3.29. The van der Waals surface area contributed by atoms with Crippen molar-refractivity contribution in [3.63, 3.8) is 0 Å². The van der Waals surface area contributed by atoms with Gasteiger partial charge in [-0.1, -0.05) is 0 Å². The Hall–Kier alpha value is -1.13. The molecule has 4 nitrogen and oxygen atoms in total. The first kappa shape index (κ1) is 12.3. The second-order valence-corrected chi connectivity index (χ2v) is 4.40. The molecule has 1 fully saturated rings. The van der Waals surface area contributed by atoms with Crippen molar-refractivity contribution in [3.05, 3.63) is 24.0 Å². The fourth-order valence-electron chi connectivity index (χ4n) is 2.31. The zero-order chi connectivity index (χ0) is 12.1. The van der Waals surface area contributed by atoms with Gasteiger partial charge < -0.3 is 14.8 Å². The summed E-state index contributed by atoms with van der Waals surface area (Å²) in [6.07, 6.45) is 4.00. The van der Waals surface area contributed by atoms with Crippen molar-refractivity contribution in [1.29, 1.82) is 0 Å². The second kappa shape index (κ2) is 5.98. The van der Waals surface area contributed by atoms with Crippen LogP contribution in [0.3, 0.4) is 0 Å². The molecule has 0 bridgehead atoms. The summed E-state index contributed by atoms with van der Waals surface area (Å²) in [6, 6.07) is 4.09. The van der Waals surface area contributed by atoms with Crippen LogP contribution in [0.1, 0.15) is 24.6 Å². The van der Waals surface area contributed by atoms with Crippen LogP contribution in [-0.4, -0.2) is 32.4 Å². The van der Waals surface area contributed by atoms with Gasteiger partial charge in [-0.25, -0.2) is 0 Å². The van der Waals surface area contributed by atoms with Gasteiger partial charge in [0.25, 0.3) is 0 Å². The number of hydrogen-bond donors (Lipinski definition) is 1. The Morgan fingerprint density at radius 1 is 1.65 bits per heavy atom. The predicted molar refractivity (Wildman–Crippen MR) is 66.1 cm³/mol. The first-order valence-electron chi connectivity index (χ1n) is 6.09. The van der Waals surface area contributed by atoms with E-state index in [4.69, 9.17) is 9.47 Å². The highest BCUT2D eigenvalue weighted by molar-refractivity contribution is 5.29. The summed E-state index contributed by atoms with van der Waals surface area (Å²) in [5.41, 5.74) is 0.990. The van der Waals surface area contributed by atoms with Crippen molar-refractivity contribution >= 4 is 0 Å². The van der Waals surface area contributed by atoms with Crippen molar-refractivity contribution in [2.75, 3.05) is 27.4 Å². The number of nitrogens with zero attached hydrogens (tertiary/aromatic N) is 1. The van der Waals surface area contributed by atoms with Crippen LogP contribution in [-0.2, 0) is 4.74 Å². The lowest BCUT2D eigenvalue weighted by Crippen LogP contribution is -2.21. The van der Waals surface area contributed by atoms with Gasteiger partial charge in [-0.05, 0) is 37.9 Å². The van der Waals surface area contributed by atoms with E-state index in [-0.39, 0.29) is 6.04 Å². The van der Waals surface area contributed by atoms with Gasteiger partial charge in [0, 0.05) is 19.4 Å². The minimum Gasteiger partial charge on any atom is -0.495 e. The second-order valence-electron chi connectivity index (χ2n) is 4.40. The van der Waals surface area contributed by atoms with E-state index < -0.39 is 0 Å². The maximum atomic E-state index is 5.42. The lowest BCUT2D eigenvalue weighted by Gasteiger charge is -2.20. The lowest BCUT2D eigenvalue weighted by atomic mass is 9.96. The lowest BCUT2D eigenvalue weighted by molar-refractivity contribution is 0.181. The summed E-state index contributed by atoms with van der Waals surface area (Å²) in [5.74, 6) is 1.48. The monoisotopic (exact) mass is 236 g/mol. The van der Waals surface area contributed by atoms with Gasteiger partial charge in [0.15, 0.2) is 0 Å². The molecule has 2 rings (SSSR count). The molecule has 2 atom stereocenters. The highest BCUT2D eigenvalue weighted by Gasteiger charge is 2.23. The van der Waals surface area contributed by atoms with Gasteiger partial charge in [-0.15, -0.1) is 0 Å². The van der Waals surface area contributed by atoms with Crippen LogP contribution in [0.2, 0.25) is 0 Å². The van der Waals surface area contributed by atoms with Crippen LogP contribution in [0, 0.1) is 5.92 Å². The molecular formula is C13H20N2O2. The SMILES string of the molecule is CNC(CC1CCOC1)c1ncccc1OC. The zero-order valence-electron chi connectivity index (χ0n) is 10.5. The molecule has 0 amide bonds. The molecule has 1 aliphatic heterocycles. The van der Waals surface area contributed by atoms with Crippen molar-refractivity contribution in [1.82, 2.24) is 10.3 Å². The van der Waals surface area contributed by atoms with Gasteiger partial charge in [-0.3, -0.25) is 4.98 Å². The first-order valence-corrected chi connectivity index (χ1v) is 6.09. The Morgan fingerprint density at radius 3 is 3.18 bits per heavy atom. The molecule has 0 radical (unpaired) electrons. The molecular weight excluding hydrogens is 216 g/mol. The first-order chi connectivity index (χ1) is 8.35. The topological polar surface area (TPSA) is 43.4 Å². The van der Waals surface area contributed by atoms with Gasteiger partial charge in [0.2, 0.25) is 0 Å². The van der Waals surface area contributed by atoms with E-state index >= 15 is 0 Å². The molecule has 1 N–H and O–H groups in total. The van der Waals surface area contributed by atoms with Gasteiger partial charge in [-0.2, -0.15) is 0 Å². The molecule has 0 saturated carbocycles. The predicted octanol–water partition coefficient (Wildman–Crippen LogP) is 1.78. The molecule has 1 aromatic heterocycles. The van der Waals surface area contributed by atoms with Gasteiger partial charge in [0.1, 0.15) is 5.75 Å². The number of methoxy groups -OCH3 is 1. The quantitative estimate of drug-likeness (QED) is 0.846. The third-order valence-corrected chi connectivity index (χ3v) is 3.29. The molecule has 2 heterocycles. The van der Waals surface area contributed by atoms with Crippen molar-refractivity contribution < 1.29 is 9.47 Å². The number of hydrogen-bond acceptors (Lipinski definition) is 4. The largest absolute Gasteiger partial charge is 0.495 e. The molecule has 1 aliphatic rings. The summed E-state index contributed by atoms with van der Waals surface area (Å²) < 4.78 is 10.8. The summed E-state index contributed by atoms with van der Waals surface area (Å²) >= 11 is 0. The molecule has 0 aliphatic carbocycles. The molecule has 17 heavy (non-hydrogen) atoms. The normalized spacial score (nSPS) is 21.4. The number of nitrogens with one attached hydrogen (secondary N) is 1. The summed E-state index contributed by atoms with van der Waals surface area (Å²) in [7, 11) is 3.65. The van der Waals surface area contributed by atoms with Crippen LogP contribution in [0.4, 0.5) is 0 Å². The minimum atomic E-state index is 0.234. The summed E-state index contributed by atoms with van der Waals surface area (Å²) in [5, 5.41) is 3.32. The average Bonchev–Trinajstić information content (AvgIpc) is 2.89. The van der Waals surface area contributed by atoms with Crippen LogP contribution in [0.5, 0.6) is 5.75 Å². The number of rotatable bonds is 5. The molecule has 2 unspecified atom stereocenters. The minimum absolute atomic E-state index is 0.234. The molecule has 1 aromatic rings. The molecule has 0 aromatic carbocycles. The Morgan fingerprint density at radius 2 is 2.53 bits per heavy atom. The van der Waals surface area contributed by atoms with E-state index in [1.807, 2.05) is 25.4 Å². The fourth-order valence-corrected chi connectivity index (χ4v) is 2.31. The Labute approximate surface area is 102 Å². The van der Waals surface area contributed by atoms with Crippen LogP contribution in [0.15, 0.2) is 18.3 Å². The van der Waals surface area contributed by atoms with E-state index in [1.54, 1.807) is 7.11 Å². The Bertz CT molecular complexity index is 351. The van der Waals surface area contributed by atoms with Crippen LogP contribution in [0.25, 0.3) is 0 Å². The maximum absolute atomic E-state index is 5.42. The van der Waals surface area contributed by atoms with Crippen LogP contribution < -0.4 is 10.1 Å². The highest BCUT2D eigenvalue weighted by Crippen LogP contribution is 2.29. The van der Waals surface area contributed by atoms with Crippen molar-refractivity contribution in [2.24, 2.45) is 5.92 Å². The van der Waals surface area contributed by atoms with E-state index in [0.717, 1.165) is 37.5 Å². The van der Waals surface area contributed by atoms with E-state index in [9.17, 15) is 0 Å². The standard InChI is InChI=1S/C13H20N2O2/c1-14-11(8-10-5-7-17-9-10)13-12(16-2)4-3-6-15-13/h3-4,6,10-11,14H,5,7-9H2,1-2H3. The van der Waals surface area contributed by atoms with Gasteiger partial charge in [0.05, 0.1) is 18.8 Å². The molecule has 1 saturated heterocycles. The summed E-state index contributed by atoms with van der Waals surface area (Å²) in [6.45, 7) is 1.76. The molecule has 0 spiro atoms. The molecule has 4 heteroatoms. The fraction of sp³-hybridized carbons (Fsp3) is 0.615. The number of ether oxygens (including phenoxy) is 2. The average molecular weight is 236 g/mol. The zero-order valence-corrected chi connectivity index (χ0v) is 10.5. The van der Waals surface area contributed by atoms with Gasteiger partial charge >= 0.3 is 0 Å². The number of aromatic nitrogens is 1. The summed E-state index contributed by atoms with van der Waals surface area (Å²) in [4.78, 5) is 4.43. The van der Waals surface area contributed by atoms with Crippen LogP contribution >= 0.6 is 0 Å². The maximum Gasteiger partial charge on any atom is 0.141 e. The van der Waals surface area contributed by atoms with E-state index in [1.165, 1.54) is 0 Å². The highest BCUT2D eigenvalue weighted by atomic mass is 16.5. The number of pyridine rings is 1. The van der Waals surface area contributed by atoms with Crippen molar-refractivity contribution in [2.45, 2.75) is 18.9 Å². The third kappa shape index (κ3) is 2.96. The smallest absolute Gasteiger partial charge is 0.141 e. The van der Waals surface area contributed by atoms with E-state index in [2.05, 4.69) is 10.3 Å². The Balaban J connectivity index is 2.10. The van der Waals surface area contributed by atoms with E-state index in [0.29, 0.717) is 5.92 Å². The van der Waals surface area contributed by atoms with Crippen molar-refractivity contribution in [3.8, 4) is 5.75 Å². The Kier molecular flexibility index (Phi) is 4.34.